The monoisotopic (exact) mass is 280 g/mol. The minimum Gasteiger partial charge on any atom is -0.395 e. The lowest BCUT2D eigenvalue weighted by atomic mass is 10.0. The van der Waals surface area contributed by atoms with E-state index in [1.807, 2.05) is 25.1 Å². The number of aryl methyl sites for hydroxylation is 1. The number of anilines is 1. The third-order valence-corrected chi connectivity index (χ3v) is 2.86. The first-order valence-corrected chi connectivity index (χ1v) is 6.63. The number of aliphatic hydroxyl groups is 1. The van der Waals surface area contributed by atoms with Gasteiger partial charge >= 0.3 is 0 Å². The third kappa shape index (κ3) is 4.16. The Morgan fingerprint density at radius 3 is 2.90 bits per heavy atom. The van der Waals surface area contributed by atoms with Crippen LogP contribution in [-0.2, 0) is 0 Å². The standard InChI is InChI=1S/C17H16N2O2/c1-13-8-9-14(6-3-5-11-20)12-15(13)17(21)19-16-7-2-4-10-18-16/h2,4,7-10,12,20H,5,11H2,1H3,(H,18,19,21). The van der Waals surface area contributed by atoms with Crippen LogP contribution in [0, 0.1) is 18.8 Å². The molecule has 2 aromatic rings. The number of hydrogen-bond acceptors (Lipinski definition) is 3. The maximum atomic E-state index is 12.3. The van der Waals surface area contributed by atoms with Crippen LogP contribution in [0.25, 0.3) is 0 Å². The topological polar surface area (TPSA) is 62.2 Å². The Labute approximate surface area is 123 Å². The lowest BCUT2D eigenvalue weighted by Gasteiger charge is -2.07. The molecular formula is C17H16N2O2. The first kappa shape index (κ1) is 14.8. The second-order valence-corrected chi connectivity index (χ2v) is 4.47. The molecule has 0 aliphatic heterocycles. The molecule has 0 aliphatic carbocycles. The van der Waals surface area contributed by atoms with E-state index in [0.29, 0.717) is 17.8 Å². The number of carbonyl (C=O) groups is 1. The molecule has 0 spiro atoms. The summed E-state index contributed by atoms with van der Waals surface area (Å²) in [6, 6.07) is 10.8. The summed E-state index contributed by atoms with van der Waals surface area (Å²) in [4.78, 5) is 16.3. The predicted octanol–water partition coefficient (Wildman–Crippen LogP) is 2.38. The summed E-state index contributed by atoms with van der Waals surface area (Å²) in [6.45, 7) is 1.91. The van der Waals surface area contributed by atoms with Crippen molar-refractivity contribution in [1.82, 2.24) is 4.98 Å². The fourth-order valence-electron chi connectivity index (χ4n) is 1.79. The second-order valence-electron chi connectivity index (χ2n) is 4.47. The Balaban J connectivity index is 2.20. The van der Waals surface area contributed by atoms with Crippen LogP contribution in [0.2, 0.25) is 0 Å². The Morgan fingerprint density at radius 1 is 1.33 bits per heavy atom. The zero-order valence-electron chi connectivity index (χ0n) is 11.8. The first-order valence-electron chi connectivity index (χ1n) is 6.63. The molecule has 2 N–H and O–H groups in total. The fraction of sp³-hybridized carbons (Fsp3) is 0.176. The van der Waals surface area contributed by atoms with E-state index in [9.17, 15) is 4.79 Å². The summed E-state index contributed by atoms with van der Waals surface area (Å²) < 4.78 is 0. The van der Waals surface area contributed by atoms with E-state index < -0.39 is 0 Å². The lowest BCUT2D eigenvalue weighted by molar-refractivity contribution is 0.102. The molecule has 0 atom stereocenters. The van der Waals surface area contributed by atoms with Crippen molar-refractivity contribution in [2.75, 3.05) is 11.9 Å². The molecule has 1 aromatic carbocycles. The summed E-state index contributed by atoms with van der Waals surface area (Å²) in [5, 5.41) is 11.5. The van der Waals surface area contributed by atoms with Crippen molar-refractivity contribution >= 4 is 11.7 Å². The number of nitrogens with one attached hydrogen (secondary N) is 1. The van der Waals surface area contributed by atoms with Gasteiger partial charge in [-0.3, -0.25) is 4.79 Å². The highest BCUT2D eigenvalue weighted by atomic mass is 16.2. The molecule has 0 saturated heterocycles. The van der Waals surface area contributed by atoms with Gasteiger partial charge in [0.2, 0.25) is 0 Å². The van der Waals surface area contributed by atoms with Crippen LogP contribution in [0.15, 0.2) is 42.6 Å². The van der Waals surface area contributed by atoms with Gasteiger partial charge in [0.15, 0.2) is 0 Å². The molecule has 4 nitrogen and oxygen atoms in total. The Morgan fingerprint density at radius 2 is 2.19 bits per heavy atom. The van der Waals surface area contributed by atoms with Gasteiger partial charge in [-0.1, -0.05) is 24.0 Å². The molecule has 1 amide bonds. The number of aliphatic hydroxyl groups excluding tert-OH is 1. The first-order chi connectivity index (χ1) is 10.2. The Bertz CT molecular complexity index is 685. The molecule has 4 heteroatoms. The number of aromatic nitrogens is 1. The normalized spacial score (nSPS) is 9.62. The van der Waals surface area contributed by atoms with Crippen LogP contribution in [0.5, 0.6) is 0 Å². The highest BCUT2D eigenvalue weighted by molar-refractivity contribution is 6.05. The molecule has 2 rings (SSSR count). The van der Waals surface area contributed by atoms with Crippen molar-refractivity contribution in [2.24, 2.45) is 0 Å². The fourth-order valence-corrected chi connectivity index (χ4v) is 1.79. The molecule has 0 unspecified atom stereocenters. The van der Waals surface area contributed by atoms with Gasteiger partial charge in [0.05, 0.1) is 6.61 Å². The molecule has 1 aromatic heterocycles. The molecule has 21 heavy (non-hydrogen) atoms. The minimum atomic E-state index is -0.211. The largest absolute Gasteiger partial charge is 0.395 e. The minimum absolute atomic E-state index is 0.0336. The average Bonchev–Trinajstić information content (AvgIpc) is 2.50. The van der Waals surface area contributed by atoms with E-state index in [4.69, 9.17) is 5.11 Å². The van der Waals surface area contributed by atoms with Gasteiger partial charge in [-0.25, -0.2) is 4.98 Å². The van der Waals surface area contributed by atoms with Gasteiger partial charge < -0.3 is 10.4 Å². The summed E-state index contributed by atoms with van der Waals surface area (Å²) in [7, 11) is 0. The molecule has 0 radical (unpaired) electrons. The smallest absolute Gasteiger partial charge is 0.257 e. The molecule has 106 valence electrons. The van der Waals surface area contributed by atoms with E-state index in [1.165, 1.54) is 0 Å². The van der Waals surface area contributed by atoms with E-state index >= 15 is 0 Å². The van der Waals surface area contributed by atoms with Gasteiger partial charge in [-0.05, 0) is 36.8 Å². The number of pyridine rings is 1. The van der Waals surface area contributed by atoms with Gasteiger partial charge in [-0.2, -0.15) is 0 Å². The molecular weight excluding hydrogens is 264 g/mol. The van der Waals surface area contributed by atoms with Crippen molar-refractivity contribution in [1.29, 1.82) is 0 Å². The number of nitrogens with zero attached hydrogens (tertiary/aromatic N) is 1. The zero-order chi connectivity index (χ0) is 15.1. The number of benzene rings is 1. The van der Waals surface area contributed by atoms with Crippen LogP contribution < -0.4 is 5.32 Å². The van der Waals surface area contributed by atoms with E-state index in [0.717, 1.165) is 11.1 Å². The number of hydrogen-bond donors (Lipinski definition) is 2. The molecule has 0 saturated carbocycles. The molecule has 0 bridgehead atoms. The molecule has 0 aliphatic rings. The number of rotatable bonds is 3. The van der Waals surface area contributed by atoms with Crippen LogP contribution in [0.1, 0.15) is 27.9 Å². The SMILES string of the molecule is Cc1ccc(C#CCCO)cc1C(=O)Nc1ccccn1. The Hall–Kier alpha value is -2.64. The number of amides is 1. The molecule has 1 heterocycles. The van der Waals surface area contributed by atoms with E-state index in [2.05, 4.69) is 22.1 Å². The van der Waals surface area contributed by atoms with Crippen molar-refractivity contribution in [2.45, 2.75) is 13.3 Å². The molecule has 0 fully saturated rings. The van der Waals surface area contributed by atoms with Gasteiger partial charge in [-0.15, -0.1) is 0 Å². The second kappa shape index (κ2) is 7.22. The van der Waals surface area contributed by atoms with Crippen LogP contribution in [-0.4, -0.2) is 22.6 Å². The summed E-state index contributed by atoms with van der Waals surface area (Å²) >= 11 is 0. The lowest BCUT2D eigenvalue weighted by Crippen LogP contribution is -2.14. The zero-order valence-corrected chi connectivity index (χ0v) is 11.8. The van der Waals surface area contributed by atoms with Crippen molar-refractivity contribution in [3.05, 3.63) is 59.3 Å². The number of carbonyl (C=O) groups excluding carboxylic acids is 1. The van der Waals surface area contributed by atoms with E-state index in [-0.39, 0.29) is 12.5 Å². The Kier molecular flexibility index (Phi) is 5.08. The summed E-state index contributed by atoms with van der Waals surface area (Å²) in [5.41, 5.74) is 2.19. The van der Waals surface area contributed by atoms with Gasteiger partial charge in [0.25, 0.3) is 5.91 Å². The van der Waals surface area contributed by atoms with Crippen LogP contribution in [0.3, 0.4) is 0 Å². The predicted molar refractivity (Wildman–Crippen MR) is 82.0 cm³/mol. The van der Waals surface area contributed by atoms with Crippen LogP contribution >= 0.6 is 0 Å². The van der Waals surface area contributed by atoms with Crippen molar-refractivity contribution in [3.8, 4) is 11.8 Å². The van der Waals surface area contributed by atoms with Gasteiger partial charge in [0, 0.05) is 23.7 Å². The van der Waals surface area contributed by atoms with Gasteiger partial charge in [0.1, 0.15) is 5.82 Å². The van der Waals surface area contributed by atoms with E-state index in [1.54, 1.807) is 24.4 Å². The average molecular weight is 280 g/mol. The highest BCUT2D eigenvalue weighted by Gasteiger charge is 2.10. The third-order valence-electron chi connectivity index (χ3n) is 2.86. The maximum Gasteiger partial charge on any atom is 0.257 e. The maximum absolute atomic E-state index is 12.3. The van der Waals surface area contributed by atoms with Crippen molar-refractivity contribution < 1.29 is 9.90 Å². The van der Waals surface area contributed by atoms with Crippen LogP contribution in [0.4, 0.5) is 5.82 Å². The summed E-state index contributed by atoms with van der Waals surface area (Å²) in [5.74, 6) is 6.07. The highest BCUT2D eigenvalue weighted by Crippen LogP contribution is 2.13. The van der Waals surface area contributed by atoms with Crippen molar-refractivity contribution in [3.63, 3.8) is 0 Å². The quantitative estimate of drug-likeness (QED) is 0.849. The summed E-state index contributed by atoms with van der Waals surface area (Å²) in [6.07, 6.45) is 2.04.